The van der Waals surface area contributed by atoms with E-state index in [2.05, 4.69) is 36.1 Å². The van der Waals surface area contributed by atoms with Crippen LogP contribution in [0.25, 0.3) is 32.8 Å². The van der Waals surface area contributed by atoms with Crippen LogP contribution in [0.4, 0.5) is 0 Å². The summed E-state index contributed by atoms with van der Waals surface area (Å²) in [5, 5.41) is 57.3. The Kier molecular flexibility index (Phi) is 7.59. The Balaban J connectivity index is 1.34. The predicted molar refractivity (Wildman–Crippen MR) is 181 cm³/mol. The van der Waals surface area contributed by atoms with Gasteiger partial charge in [0.15, 0.2) is 0 Å². The molecule has 0 saturated heterocycles. The normalized spacial score (nSPS) is 11.5. The number of benzene rings is 3. The lowest BCUT2D eigenvalue weighted by Gasteiger charge is -2.18. The van der Waals surface area contributed by atoms with Crippen molar-refractivity contribution in [2.75, 3.05) is 0 Å². The number of aromatic hydroxyl groups is 4. The van der Waals surface area contributed by atoms with Gasteiger partial charge in [0.2, 0.25) is 22.0 Å². The minimum absolute atomic E-state index is 0.116. The van der Waals surface area contributed by atoms with Crippen molar-refractivity contribution in [1.29, 1.82) is 0 Å². The monoisotopic (exact) mass is 712 g/mol. The average molecular weight is 714 g/mol. The van der Waals surface area contributed by atoms with Crippen molar-refractivity contribution in [3.8, 4) is 56.0 Å². The van der Waals surface area contributed by atoms with Crippen LogP contribution in [-0.4, -0.2) is 50.0 Å². The Labute approximate surface area is 279 Å². The average Bonchev–Trinajstić information content (AvgIpc) is 3.83. The minimum atomic E-state index is -0.647. The highest BCUT2D eigenvalue weighted by Crippen LogP contribution is 2.45. The van der Waals surface area contributed by atoms with E-state index in [4.69, 9.17) is 0 Å². The molecule has 0 atom stereocenters. The first-order chi connectivity index (χ1) is 22.2. The highest BCUT2D eigenvalue weighted by Gasteiger charge is 2.34. The van der Waals surface area contributed by atoms with Gasteiger partial charge in [0.25, 0.3) is 0 Å². The fourth-order valence-electron chi connectivity index (χ4n) is 5.45. The quantitative estimate of drug-likeness (QED) is 0.132. The van der Waals surface area contributed by atoms with Crippen LogP contribution in [0, 0.1) is 13.8 Å². The Morgan fingerprint density at radius 3 is 1.54 bits per heavy atom. The van der Waals surface area contributed by atoms with Gasteiger partial charge in [-0.25, -0.2) is 9.97 Å². The van der Waals surface area contributed by atoms with E-state index in [-0.39, 0.29) is 23.3 Å². The number of hydrogen-bond acceptors (Lipinski definition) is 10. The summed E-state index contributed by atoms with van der Waals surface area (Å²) in [4.78, 5) is 9.38. The highest BCUT2D eigenvalue weighted by atomic mass is 79.9. The molecule has 0 aliphatic carbocycles. The Morgan fingerprint density at radius 2 is 1.11 bits per heavy atom. The number of aryl methyl sites for hydroxylation is 2. The third kappa shape index (κ3) is 5.31. The molecule has 0 fully saturated rings. The number of thiazole rings is 2. The molecule has 10 nitrogen and oxygen atoms in total. The van der Waals surface area contributed by atoms with Gasteiger partial charge < -0.3 is 20.4 Å². The van der Waals surface area contributed by atoms with Gasteiger partial charge in [-0.05, 0) is 55.8 Å². The number of phenolic OH excluding ortho intramolecular Hbond substituents is 2. The van der Waals surface area contributed by atoms with Crippen molar-refractivity contribution in [3.05, 3.63) is 116 Å². The second-order valence-electron chi connectivity index (χ2n) is 10.6. The molecule has 0 aliphatic rings. The van der Waals surface area contributed by atoms with E-state index in [1.807, 2.05) is 47.2 Å². The lowest BCUT2D eigenvalue weighted by atomic mass is 9.85. The lowest BCUT2D eigenvalue weighted by molar-refractivity contribution is 0.420. The standard InChI is InChI=1S/C33H25BrN6O4S2/c1-17-27(30(43)39(37-17)32-35-25(15-45-32)20-5-3-7-23(41)13-20)29(19-9-11-22(34)12-10-19)28-18(2)38-40(31(28)44)33-36-26(16-46-33)21-6-4-8-24(42)14-21/h3-16,29,41-44H,1-2H3. The Hall–Kier alpha value is -4.98. The van der Waals surface area contributed by atoms with Crippen LogP contribution in [0.15, 0.2) is 88.0 Å². The summed E-state index contributed by atoms with van der Waals surface area (Å²) < 4.78 is 3.67. The smallest absolute Gasteiger partial charge is 0.220 e. The first-order valence-corrected chi connectivity index (χ1v) is 16.6. The maximum atomic E-state index is 11.8. The van der Waals surface area contributed by atoms with Crippen molar-refractivity contribution >= 4 is 38.6 Å². The highest BCUT2D eigenvalue weighted by molar-refractivity contribution is 9.10. The van der Waals surface area contributed by atoms with Crippen LogP contribution >= 0.6 is 38.6 Å². The van der Waals surface area contributed by atoms with Gasteiger partial charge in [-0.3, -0.25) is 0 Å². The molecular formula is C33H25BrN6O4S2. The first kappa shape index (κ1) is 29.7. The van der Waals surface area contributed by atoms with E-state index < -0.39 is 5.92 Å². The summed E-state index contributed by atoms with van der Waals surface area (Å²) in [7, 11) is 0. The van der Waals surface area contributed by atoms with Gasteiger partial charge in [-0.15, -0.1) is 22.7 Å². The molecule has 0 amide bonds. The maximum absolute atomic E-state index is 11.8. The fourth-order valence-corrected chi connectivity index (χ4v) is 7.28. The fraction of sp³-hybridized carbons (Fsp3) is 0.0909. The van der Waals surface area contributed by atoms with Crippen molar-refractivity contribution in [1.82, 2.24) is 29.5 Å². The van der Waals surface area contributed by atoms with Crippen LogP contribution in [0.3, 0.4) is 0 Å². The maximum Gasteiger partial charge on any atom is 0.220 e. The summed E-state index contributed by atoms with van der Waals surface area (Å²) in [6.45, 7) is 3.61. The Morgan fingerprint density at radius 1 is 0.652 bits per heavy atom. The number of rotatable bonds is 7. The van der Waals surface area contributed by atoms with E-state index in [1.165, 1.54) is 32.0 Å². The van der Waals surface area contributed by atoms with Gasteiger partial charge in [0.1, 0.15) is 11.5 Å². The third-order valence-corrected chi connectivity index (χ3v) is 9.73. The van der Waals surface area contributed by atoms with Gasteiger partial charge in [0.05, 0.1) is 22.8 Å². The summed E-state index contributed by atoms with van der Waals surface area (Å²) >= 11 is 6.12. The molecule has 3 aromatic carbocycles. The number of hydrogen-bond donors (Lipinski definition) is 4. The van der Waals surface area contributed by atoms with E-state index in [9.17, 15) is 20.4 Å². The second-order valence-corrected chi connectivity index (χ2v) is 13.2. The van der Waals surface area contributed by atoms with Crippen LogP contribution < -0.4 is 0 Å². The van der Waals surface area contributed by atoms with Crippen LogP contribution in [0.5, 0.6) is 23.3 Å². The molecule has 7 rings (SSSR count). The van der Waals surface area contributed by atoms with E-state index >= 15 is 0 Å². The zero-order chi connectivity index (χ0) is 32.1. The molecule has 0 unspecified atom stereocenters. The number of nitrogens with zero attached hydrogens (tertiary/aromatic N) is 6. The number of phenols is 2. The van der Waals surface area contributed by atoms with Gasteiger partial charge in [-0.2, -0.15) is 19.6 Å². The molecule has 230 valence electrons. The first-order valence-electron chi connectivity index (χ1n) is 14.0. The molecular weight excluding hydrogens is 688 g/mol. The topological polar surface area (TPSA) is 142 Å². The molecule has 13 heteroatoms. The van der Waals surface area contributed by atoms with E-state index in [0.717, 1.165) is 21.2 Å². The molecule has 0 aliphatic heterocycles. The van der Waals surface area contributed by atoms with Crippen LogP contribution in [0.1, 0.15) is 34.0 Å². The largest absolute Gasteiger partial charge is 0.508 e. The number of aromatic nitrogens is 6. The summed E-state index contributed by atoms with van der Waals surface area (Å²) in [5.74, 6) is -0.614. The predicted octanol–water partition coefficient (Wildman–Crippen LogP) is 7.69. The molecule has 0 saturated carbocycles. The summed E-state index contributed by atoms with van der Waals surface area (Å²) in [5.41, 5.74) is 5.64. The van der Waals surface area contributed by atoms with E-state index in [0.29, 0.717) is 44.2 Å². The van der Waals surface area contributed by atoms with Crippen LogP contribution in [0.2, 0.25) is 0 Å². The summed E-state index contributed by atoms with van der Waals surface area (Å²) in [6.07, 6.45) is 0. The van der Waals surface area contributed by atoms with Crippen molar-refractivity contribution in [2.45, 2.75) is 19.8 Å². The molecule has 0 radical (unpaired) electrons. The molecule has 0 bridgehead atoms. The zero-order valence-corrected chi connectivity index (χ0v) is 27.5. The number of halogens is 1. The lowest BCUT2D eigenvalue weighted by Crippen LogP contribution is -2.06. The molecule has 46 heavy (non-hydrogen) atoms. The van der Waals surface area contributed by atoms with Gasteiger partial charge >= 0.3 is 0 Å². The molecule has 4 heterocycles. The van der Waals surface area contributed by atoms with E-state index in [1.54, 1.807) is 50.2 Å². The minimum Gasteiger partial charge on any atom is -0.508 e. The van der Waals surface area contributed by atoms with Crippen molar-refractivity contribution < 1.29 is 20.4 Å². The molecule has 4 aromatic heterocycles. The van der Waals surface area contributed by atoms with Crippen LogP contribution in [-0.2, 0) is 0 Å². The SMILES string of the molecule is Cc1nn(-c2nc(-c3cccc(O)c3)cs2)c(O)c1C(c1ccc(Br)cc1)c1c(C)nn(-c2nc(-c3cccc(O)c3)cs2)c1O. The van der Waals surface area contributed by atoms with Gasteiger partial charge in [-0.1, -0.05) is 52.3 Å². The van der Waals surface area contributed by atoms with Crippen molar-refractivity contribution in [2.24, 2.45) is 0 Å². The molecule has 0 spiro atoms. The third-order valence-electron chi connectivity index (χ3n) is 7.57. The zero-order valence-electron chi connectivity index (χ0n) is 24.3. The van der Waals surface area contributed by atoms with Gasteiger partial charge in [0, 0.05) is 43.4 Å². The molecule has 7 aromatic rings. The molecule has 4 N–H and O–H groups in total. The summed E-state index contributed by atoms with van der Waals surface area (Å²) in [6, 6.07) is 21.3. The second kappa shape index (κ2) is 11.7. The van der Waals surface area contributed by atoms with Crippen molar-refractivity contribution in [3.63, 3.8) is 0 Å². The Bertz CT molecular complexity index is 2090.